The highest BCUT2D eigenvalue weighted by molar-refractivity contribution is 5.84. The molecule has 0 radical (unpaired) electrons. The van der Waals surface area contributed by atoms with Crippen LogP contribution in [0.4, 0.5) is 4.39 Å². The van der Waals surface area contributed by atoms with E-state index in [1.54, 1.807) is 29.4 Å². The molecule has 5 heteroatoms. The number of carbonyl (C=O) groups excluding carboxylic acids is 1. The topological polar surface area (TPSA) is 46.1 Å². The first-order valence-corrected chi connectivity index (χ1v) is 8.24. The Morgan fingerprint density at radius 2 is 1.88 bits per heavy atom. The summed E-state index contributed by atoms with van der Waals surface area (Å²) in [6.45, 7) is 4.13. The molecule has 1 fully saturated rings. The molecule has 1 aliphatic heterocycles. The Kier molecular flexibility index (Phi) is 4.54. The maximum atomic E-state index is 13.1. The molecule has 1 aliphatic rings. The van der Waals surface area contributed by atoms with Gasteiger partial charge >= 0.3 is 0 Å². The van der Waals surface area contributed by atoms with Crippen molar-refractivity contribution in [1.29, 1.82) is 0 Å². The van der Waals surface area contributed by atoms with Gasteiger partial charge in [0, 0.05) is 30.5 Å². The van der Waals surface area contributed by atoms with Crippen LogP contribution in [0, 0.1) is 17.7 Å². The second kappa shape index (κ2) is 6.64. The number of nitrogens with zero attached hydrogens (tertiary/aromatic N) is 3. The Morgan fingerprint density at radius 3 is 2.56 bits per heavy atom. The number of rotatable bonds is 1. The molecule has 0 bridgehead atoms. The van der Waals surface area contributed by atoms with E-state index >= 15 is 0 Å². The van der Waals surface area contributed by atoms with Gasteiger partial charge in [0.25, 0.3) is 0 Å². The highest BCUT2D eigenvalue weighted by atomic mass is 19.1. The summed E-state index contributed by atoms with van der Waals surface area (Å²) >= 11 is 0. The lowest BCUT2D eigenvalue weighted by molar-refractivity contribution is -0.140. The number of aromatic nitrogens is 2. The monoisotopic (exact) mass is 337 g/mol. The van der Waals surface area contributed by atoms with Crippen LogP contribution in [-0.4, -0.2) is 33.4 Å². The zero-order valence-electron chi connectivity index (χ0n) is 14.6. The minimum absolute atomic E-state index is 0.0508. The average Bonchev–Trinajstić information content (AvgIpc) is 2.59. The third-order valence-corrected chi connectivity index (χ3v) is 4.74. The SMILES string of the molecule is CN1C(=O)[C@H](c2ncc(C#Cc3cccc(F)c3)cn2)CCC1(C)C. The first kappa shape index (κ1) is 17.1. The molecular formula is C20H20FN3O. The first-order chi connectivity index (χ1) is 11.9. The van der Waals surface area contributed by atoms with E-state index in [2.05, 4.69) is 35.7 Å². The molecule has 3 rings (SSSR count). The van der Waals surface area contributed by atoms with Gasteiger partial charge in [-0.3, -0.25) is 4.79 Å². The number of hydrogen-bond acceptors (Lipinski definition) is 3. The summed E-state index contributed by atoms with van der Waals surface area (Å²) in [5.74, 6) is 5.76. The number of likely N-dealkylation sites (N-methyl/N-ethyl adjacent to an activating group) is 1. The van der Waals surface area contributed by atoms with Crippen LogP contribution in [-0.2, 0) is 4.79 Å². The van der Waals surface area contributed by atoms with Crippen molar-refractivity contribution >= 4 is 5.91 Å². The molecule has 1 atom stereocenters. The minimum Gasteiger partial charge on any atom is -0.340 e. The van der Waals surface area contributed by atoms with Crippen LogP contribution in [0.3, 0.4) is 0 Å². The fraction of sp³-hybridized carbons (Fsp3) is 0.350. The number of halogens is 1. The van der Waals surface area contributed by atoms with Crippen LogP contribution < -0.4 is 0 Å². The molecule has 1 amide bonds. The van der Waals surface area contributed by atoms with E-state index in [0.717, 1.165) is 12.8 Å². The fourth-order valence-corrected chi connectivity index (χ4v) is 2.85. The lowest BCUT2D eigenvalue weighted by Crippen LogP contribution is -2.51. The van der Waals surface area contributed by atoms with E-state index in [4.69, 9.17) is 0 Å². The van der Waals surface area contributed by atoms with Crippen LogP contribution in [0.1, 0.15) is 49.6 Å². The van der Waals surface area contributed by atoms with E-state index in [0.29, 0.717) is 17.0 Å². The molecule has 1 aromatic heterocycles. The highest BCUT2D eigenvalue weighted by Gasteiger charge is 2.39. The molecule has 128 valence electrons. The number of amides is 1. The second-order valence-corrected chi connectivity index (χ2v) is 6.89. The molecular weight excluding hydrogens is 317 g/mol. The molecule has 0 N–H and O–H groups in total. The first-order valence-electron chi connectivity index (χ1n) is 8.24. The summed E-state index contributed by atoms with van der Waals surface area (Å²) in [5.41, 5.74) is 1.09. The zero-order chi connectivity index (χ0) is 18.0. The van der Waals surface area contributed by atoms with Crippen molar-refractivity contribution in [1.82, 2.24) is 14.9 Å². The molecule has 0 spiro atoms. The van der Waals surface area contributed by atoms with Crippen LogP contribution >= 0.6 is 0 Å². The fourth-order valence-electron chi connectivity index (χ4n) is 2.85. The number of piperidine rings is 1. The number of likely N-dealkylation sites (tertiary alicyclic amines) is 1. The normalized spacial score (nSPS) is 19.3. The van der Waals surface area contributed by atoms with Gasteiger partial charge in [0.1, 0.15) is 11.6 Å². The van der Waals surface area contributed by atoms with Gasteiger partial charge in [-0.05, 0) is 44.9 Å². The molecule has 0 unspecified atom stereocenters. The van der Waals surface area contributed by atoms with Gasteiger partial charge < -0.3 is 4.90 Å². The average molecular weight is 337 g/mol. The van der Waals surface area contributed by atoms with Crippen molar-refractivity contribution in [2.24, 2.45) is 0 Å². The Hall–Kier alpha value is -2.74. The smallest absolute Gasteiger partial charge is 0.233 e. The van der Waals surface area contributed by atoms with Gasteiger partial charge in [-0.2, -0.15) is 0 Å². The standard InChI is InChI=1S/C20H20FN3O/c1-20(2)10-9-17(19(25)24(20)3)18-22-12-15(13-23-18)8-7-14-5-4-6-16(21)11-14/h4-6,11-13,17H,9-10H2,1-3H3/t17-/m0/s1. The number of benzene rings is 1. The van der Waals surface area contributed by atoms with Crippen molar-refractivity contribution in [2.45, 2.75) is 38.1 Å². The maximum Gasteiger partial charge on any atom is 0.233 e. The summed E-state index contributed by atoms with van der Waals surface area (Å²) in [6, 6.07) is 6.11. The van der Waals surface area contributed by atoms with Crippen LogP contribution in [0.25, 0.3) is 0 Å². The molecule has 1 saturated heterocycles. The van der Waals surface area contributed by atoms with E-state index in [1.165, 1.54) is 12.1 Å². The van der Waals surface area contributed by atoms with Crippen molar-refractivity contribution in [3.05, 3.63) is 59.4 Å². The van der Waals surface area contributed by atoms with E-state index in [9.17, 15) is 9.18 Å². The van der Waals surface area contributed by atoms with E-state index in [-0.39, 0.29) is 23.2 Å². The number of carbonyl (C=O) groups is 1. The highest BCUT2D eigenvalue weighted by Crippen LogP contribution is 2.34. The molecule has 4 nitrogen and oxygen atoms in total. The minimum atomic E-state index is -0.318. The van der Waals surface area contributed by atoms with Crippen molar-refractivity contribution in [3.63, 3.8) is 0 Å². The third kappa shape index (κ3) is 3.69. The van der Waals surface area contributed by atoms with E-state index < -0.39 is 0 Å². The van der Waals surface area contributed by atoms with Crippen molar-refractivity contribution in [2.75, 3.05) is 7.05 Å². The molecule has 0 saturated carbocycles. The Labute approximate surface area is 147 Å². The second-order valence-electron chi connectivity index (χ2n) is 6.89. The maximum absolute atomic E-state index is 13.1. The van der Waals surface area contributed by atoms with Gasteiger partial charge in [-0.1, -0.05) is 17.9 Å². The molecule has 2 aromatic rings. The van der Waals surface area contributed by atoms with Crippen LogP contribution in [0.2, 0.25) is 0 Å². The molecule has 25 heavy (non-hydrogen) atoms. The third-order valence-electron chi connectivity index (χ3n) is 4.74. The van der Waals surface area contributed by atoms with Gasteiger partial charge in [-0.15, -0.1) is 0 Å². The summed E-state index contributed by atoms with van der Waals surface area (Å²) in [4.78, 5) is 23.0. The number of hydrogen-bond donors (Lipinski definition) is 0. The van der Waals surface area contributed by atoms with E-state index in [1.807, 2.05) is 7.05 Å². The summed E-state index contributed by atoms with van der Waals surface area (Å²) in [6.07, 6.45) is 4.87. The summed E-state index contributed by atoms with van der Waals surface area (Å²) in [7, 11) is 1.83. The molecule has 0 aliphatic carbocycles. The molecule has 2 heterocycles. The largest absolute Gasteiger partial charge is 0.340 e. The zero-order valence-corrected chi connectivity index (χ0v) is 14.6. The summed E-state index contributed by atoms with van der Waals surface area (Å²) < 4.78 is 13.1. The predicted octanol–water partition coefficient (Wildman–Crippen LogP) is 3.13. The van der Waals surface area contributed by atoms with Crippen molar-refractivity contribution in [3.8, 4) is 11.8 Å². The van der Waals surface area contributed by atoms with Crippen molar-refractivity contribution < 1.29 is 9.18 Å². The Bertz CT molecular complexity index is 849. The predicted molar refractivity (Wildman–Crippen MR) is 93.2 cm³/mol. The quantitative estimate of drug-likeness (QED) is 0.751. The van der Waals surface area contributed by atoms with Gasteiger partial charge in [-0.25, -0.2) is 14.4 Å². The summed E-state index contributed by atoms with van der Waals surface area (Å²) in [5, 5.41) is 0. The Morgan fingerprint density at radius 1 is 1.20 bits per heavy atom. The van der Waals surface area contributed by atoms with Gasteiger partial charge in [0.15, 0.2) is 0 Å². The Balaban J connectivity index is 1.76. The lowest BCUT2D eigenvalue weighted by Gasteiger charge is -2.42. The van der Waals surface area contributed by atoms with Gasteiger partial charge in [0.2, 0.25) is 5.91 Å². The molecule has 1 aromatic carbocycles. The van der Waals surface area contributed by atoms with Crippen LogP contribution in [0.15, 0.2) is 36.7 Å². The van der Waals surface area contributed by atoms with Gasteiger partial charge in [0.05, 0.1) is 11.5 Å². The lowest BCUT2D eigenvalue weighted by atomic mass is 9.84. The van der Waals surface area contributed by atoms with Crippen LogP contribution in [0.5, 0.6) is 0 Å².